The van der Waals surface area contributed by atoms with Crippen molar-refractivity contribution >= 4 is 34.0 Å². The number of unbranched alkanes of at least 4 members (excludes halogenated alkanes) is 2. The van der Waals surface area contributed by atoms with Gasteiger partial charge >= 0.3 is 17.3 Å². The summed E-state index contributed by atoms with van der Waals surface area (Å²) in [6, 6.07) is 3.51. The molecule has 0 saturated carbocycles. The largest absolute Gasteiger partial charge is 0.454 e. The summed E-state index contributed by atoms with van der Waals surface area (Å²) in [6.07, 6.45) is 3.07. The summed E-state index contributed by atoms with van der Waals surface area (Å²) in [5, 5.41) is 2.99. The lowest BCUT2D eigenvalue weighted by atomic mass is 10.1. The molecule has 5 rings (SSSR count). The fourth-order valence-electron chi connectivity index (χ4n) is 5.14. The molecule has 16 heteroatoms. The number of nitrogens with one attached hydrogen (secondary N) is 3. The van der Waals surface area contributed by atoms with Gasteiger partial charge in [-0.1, -0.05) is 26.7 Å². The minimum absolute atomic E-state index is 0.0147. The highest BCUT2D eigenvalue weighted by molar-refractivity contribution is 5.95. The van der Waals surface area contributed by atoms with Crippen LogP contribution in [-0.4, -0.2) is 44.2 Å². The van der Waals surface area contributed by atoms with Crippen molar-refractivity contribution in [3.05, 3.63) is 82.9 Å². The van der Waals surface area contributed by atoms with Crippen molar-refractivity contribution in [3.8, 4) is 0 Å². The molecule has 45 heavy (non-hydrogen) atoms. The monoisotopic (exact) mass is 623 g/mol. The van der Waals surface area contributed by atoms with Crippen LogP contribution in [0.25, 0.3) is 22.3 Å². The van der Waals surface area contributed by atoms with Crippen LogP contribution in [0.15, 0.2) is 37.4 Å². The smallest absolute Gasteiger partial charge is 0.340 e. The van der Waals surface area contributed by atoms with Gasteiger partial charge < -0.3 is 19.2 Å². The first-order valence-electron chi connectivity index (χ1n) is 14.6. The quantitative estimate of drug-likeness (QED) is 0.175. The van der Waals surface area contributed by atoms with Crippen LogP contribution in [0.5, 0.6) is 0 Å². The molecule has 4 heterocycles. The van der Waals surface area contributed by atoms with E-state index in [4.69, 9.17) is 4.74 Å². The van der Waals surface area contributed by atoms with Crippen LogP contribution in [0.4, 0.5) is 10.1 Å². The number of aromatic nitrogens is 8. The number of ether oxygens (including phenoxy) is 1. The van der Waals surface area contributed by atoms with Crippen LogP contribution >= 0.6 is 0 Å². The van der Waals surface area contributed by atoms with Gasteiger partial charge in [0, 0.05) is 27.2 Å². The average molecular weight is 624 g/mol. The topological polar surface area (TPSA) is 184 Å². The molecule has 0 atom stereocenters. The third kappa shape index (κ3) is 5.94. The maximum absolute atomic E-state index is 14.3. The Hall–Kier alpha value is -5.28. The minimum Gasteiger partial charge on any atom is -0.454 e. The second-order valence-corrected chi connectivity index (χ2v) is 10.7. The zero-order valence-electron chi connectivity index (χ0n) is 25.4. The Bertz CT molecular complexity index is 2150. The molecule has 238 valence electrons. The van der Waals surface area contributed by atoms with Crippen LogP contribution in [0.1, 0.15) is 61.5 Å². The summed E-state index contributed by atoms with van der Waals surface area (Å²) in [7, 11) is 3.21. The van der Waals surface area contributed by atoms with E-state index < -0.39 is 34.3 Å². The Labute approximate surface area is 254 Å². The van der Waals surface area contributed by atoms with Gasteiger partial charge in [-0.2, -0.15) is 0 Å². The molecule has 3 N–H and O–H groups in total. The molecule has 0 amide bonds. The molecule has 1 aromatic carbocycles. The summed E-state index contributed by atoms with van der Waals surface area (Å²) in [5.74, 6) is -0.801. The molecule has 0 bridgehead atoms. The van der Waals surface area contributed by atoms with Crippen molar-refractivity contribution in [2.24, 2.45) is 14.1 Å². The van der Waals surface area contributed by atoms with E-state index in [1.54, 1.807) is 14.1 Å². The Kier molecular flexibility index (Phi) is 8.83. The van der Waals surface area contributed by atoms with Gasteiger partial charge in [0.15, 0.2) is 22.3 Å². The van der Waals surface area contributed by atoms with E-state index in [-0.39, 0.29) is 52.6 Å². The van der Waals surface area contributed by atoms with Crippen molar-refractivity contribution in [1.29, 1.82) is 0 Å². The van der Waals surface area contributed by atoms with Crippen molar-refractivity contribution in [2.45, 2.75) is 65.8 Å². The van der Waals surface area contributed by atoms with Gasteiger partial charge in [0.25, 0.3) is 11.1 Å². The van der Waals surface area contributed by atoms with Crippen molar-refractivity contribution in [3.63, 3.8) is 0 Å². The second-order valence-electron chi connectivity index (χ2n) is 10.7. The highest BCUT2D eigenvalue weighted by atomic mass is 19.1. The van der Waals surface area contributed by atoms with Gasteiger partial charge in [0.05, 0.1) is 17.8 Å². The van der Waals surface area contributed by atoms with Gasteiger partial charge in [-0.15, -0.1) is 0 Å². The van der Waals surface area contributed by atoms with E-state index in [2.05, 4.69) is 25.3 Å². The fourth-order valence-corrected chi connectivity index (χ4v) is 5.14. The molecule has 0 radical (unpaired) electrons. The number of fused-ring (bicyclic) bond motifs is 2. The van der Waals surface area contributed by atoms with E-state index in [9.17, 15) is 28.4 Å². The predicted molar refractivity (Wildman–Crippen MR) is 164 cm³/mol. The zero-order chi connectivity index (χ0) is 32.4. The predicted octanol–water partition coefficient (Wildman–Crippen LogP) is 1.87. The van der Waals surface area contributed by atoms with E-state index >= 15 is 0 Å². The van der Waals surface area contributed by atoms with Crippen LogP contribution in [-0.2, 0) is 45.1 Å². The molecule has 15 nitrogen and oxygen atoms in total. The number of hydrogen-bond donors (Lipinski definition) is 3. The average Bonchev–Trinajstić information content (AvgIpc) is 3.51. The molecule has 0 aliphatic carbocycles. The number of benzene rings is 1. The Balaban J connectivity index is 1.39. The number of hydrogen-bond acceptors (Lipinski definition) is 9. The number of rotatable bonds is 12. The first kappa shape index (κ1) is 31.2. The summed E-state index contributed by atoms with van der Waals surface area (Å²) in [4.78, 5) is 76.8. The van der Waals surface area contributed by atoms with Gasteiger partial charge in [0.2, 0.25) is 0 Å². The number of carbonyl (C=O) groups excluding carboxylic acids is 1. The number of anilines is 1. The second kappa shape index (κ2) is 12.8. The van der Waals surface area contributed by atoms with Crippen LogP contribution in [0.3, 0.4) is 0 Å². The third-order valence-corrected chi connectivity index (χ3v) is 7.65. The maximum Gasteiger partial charge on any atom is 0.340 e. The highest BCUT2D eigenvalue weighted by Gasteiger charge is 2.21. The van der Waals surface area contributed by atoms with Crippen molar-refractivity contribution in [2.75, 3.05) is 5.32 Å². The molecule has 0 unspecified atom stereocenters. The minimum atomic E-state index is -0.795. The fraction of sp³-hybridized carbons (Fsp3) is 0.414. The summed E-state index contributed by atoms with van der Waals surface area (Å²) in [6.45, 7) is 4.35. The molecule has 0 spiro atoms. The number of H-pyrrole nitrogens is 2. The van der Waals surface area contributed by atoms with E-state index in [1.165, 1.54) is 24.3 Å². The molecule has 0 saturated heterocycles. The van der Waals surface area contributed by atoms with E-state index in [0.717, 1.165) is 25.0 Å². The van der Waals surface area contributed by atoms with Gasteiger partial charge in [-0.05, 0) is 31.0 Å². The molecular weight excluding hydrogens is 589 g/mol. The number of carbonyl (C=O) groups is 1. The molecule has 0 fully saturated rings. The van der Waals surface area contributed by atoms with Gasteiger partial charge in [-0.25, -0.2) is 28.7 Å². The number of aryl methyl sites for hydroxylation is 4. The summed E-state index contributed by atoms with van der Waals surface area (Å²) < 4.78 is 25.6. The summed E-state index contributed by atoms with van der Waals surface area (Å²) >= 11 is 0. The number of esters is 1. The SMILES string of the molecule is CCCCn1c(=O)[nH]c(=O)c2c1nc(CNc1cc(F)ccc1C(=O)OCc1nc3c(c(=O)[nH]c(=O)n3CCCC)n1C)n2C. The first-order valence-corrected chi connectivity index (χ1v) is 14.6. The van der Waals surface area contributed by atoms with Gasteiger partial charge in [-0.3, -0.25) is 28.7 Å². The zero-order valence-corrected chi connectivity index (χ0v) is 25.4. The normalized spacial score (nSPS) is 11.5. The lowest BCUT2D eigenvalue weighted by Crippen LogP contribution is -2.31. The number of nitrogens with zero attached hydrogens (tertiary/aromatic N) is 6. The molecular formula is C29H34FN9O6. The maximum atomic E-state index is 14.3. The first-order chi connectivity index (χ1) is 21.5. The molecule has 0 aliphatic heterocycles. The highest BCUT2D eigenvalue weighted by Crippen LogP contribution is 2.21. The molecule has 0 aliphatic rings. The van der Waals surface area contributed by atoms with E-state index in [1.807, 2.05) is 13.8 Å². The van der Waals surface area contributed by atoms with Crippen molar-refractivity contribution < 1.29 is 13.9 Å². The lowest BCUT2D eigenvalue weighted by molar-refractivity contribution is 0.0460. The Morgan fingerprint density at radius 3 is 1.96 bits per heavy atom. The van der Waals surface area contributed by atoms with Gasteiger partial charge in [0.1, 0.15) is 24.1 Å². The van der Waals surface area contributed by atoms with Crippen LogP contribution in [0, 0.1) is 5.82 Å². The van der Waals surface area contributed by atoms with Crippen LogP contribution < -0.4 is 27.8 Å². The van der Waals surface area contributed by atoms with Crippen LogP contribution in [0.2, 0.25) is 0 Å². The number of aromatic amines is 2. The Morgan fingerprint density at radius 1 is 0.867 bits per heavy atom. The Morgan fingerprint density at radius 2 is 1.40 bits per heavy atom. The third-order valence-electron chi connectivity index (χ3n) is 7.65. The molecule has 5 aromatic rings. The number of halogens is 1. The standard InChI is InChI=1S/C29H34FN9O6/c1-5-7-11-38-23-21(25(40)34-28(38)43)36(3)19(32-23)14-31-18-13-16(30)9-10-17(18)27(42)45-15-20-33-24-22(37(20)4)26(41)35-29(44)39(24)12-8-6-2/h9-10,13,31H,5-8,11-12,14-15H2,1-4H3,(H,34,40,43)(H,35,41,44). The summed E-state index contributed by atoms with van der Waals surface area (Å²) in [5.41, 5.74) is -1.37. The molecule has 4 aromatic heterocycles. The lowest BCUT2D eigenvalue weighted by Gasteiger charge is -2.12. The number of imidazole rings is 2. The van der Waals surface area contributed by atoms with E-state index in [0.29, 0.717) is 31.8 Å². The van der Waals surface area contributed by atoms with Crippen molar-refractivity contribution in [1.82, 2.24) is 38.2 Å².